The lowest BCUT2D eigenvalue weighted by molar-refractivity contribution is 0.0209. The van der Waals surface area contributed by atoms with E-state index in [4.69, 9.17) is 4.74 Å². The summed E-state index contributed by atoms with van der Waals surface area (Å²) in [5, 5.41) is 3.25. The molecule has 13 heavy (non-hydrogen) atoms. The van der Waals surface area contributed by atoms with Gasteiger partial charge in [0.05, 0.1) is 31.1 Å². The standard InChI is InChI=1S/C9H13N3O/c1-2-7-3-10-4-9(11-7)12-8-5-13-6-8/h3-4,8H,2,5-6H2,1H3,(H,11,12). The Labute approximate surface area is 77.4 Å². The Morgan fingerprint density at radius 2 is 2.38 bits per heavy atom. The van der Waals surface area contributed by atoms with Gasteiger partial charge in [0.25, 0.3) is 0 Å². The second-order valence-electron chi connectivity index (χ2n) is 3.13. The van der Waals surface area contributed by atoms with Crippen LogP contribution in [-0.2, 0) is 11.2 Å². The van der Waals surface area contributed by atoms with Crippen molar-refractivity contribution in [3.63, 3.8) is 0 Å². The molecule has 1 fully saturated rings. The van der Waals surface area contributed by atoms with Crippen LogP contribution < -0.4 is 5.32 Å². The summed E-state index contributed by atoms with van der Waals surface area (Å²) in [5.41, 5.74) is 1.02. The number of aryl methyl sites for hydroxylation is 1. The number of ether oxygens (including phenoxy) is 1. The predicted molar refractivity (Wildman–Crippen MR) is 49.6 cm³/mol. The molecule has 0 radical (unpaired) electrons. The summed E-state index contributed by atoms with van der Waals surface area (Å²) in [7, 11) is 0. The second kappa shape index (κ2) is 3.70. The van der Waals surface area contributed by atoms with Crippen molar-refractivity contribution in [3.05, 3.63) is 18.1 Å². The van der Waals surface area contributed by atoms with Crippen LogP contribution in [0.2, 0.25) is 0 Å². The van der Waals surface area contributed by atoms with Gasteiger partial charge in [0.1, 0.15) is 5.82 Å². The van der Waals surface area contributed by atoms with Gasteiger partial charge in [0, 0.05) is 6.20 Å². The maximum Gasteiger partial charge on any atom is 0.145 e. The molecule has 1 aromatic rings. The van der Waals surface area contributed by atoms with Crippen molar-refractivity contribution in [2.45, 2.75) is 19.4 Å². The number of anilines is 1. The molecule has 0 atom stereocenters. The van der Waals surface area contributed by atoms with Crippen molar-refractivity contribution in [3.8, 4) is 0 Å². The summed E-state index contributed by atoms with van der Waals surface area (Å²) < 4.78 is 5.05. The first-order valence-electron chi connectivity index (χ1n) is 4.53. The van der Waals surface area contributed by atoms with Gasteiger partial charge in [0.2, 0.25) is 0 Å². The average Bonchev–Trinajstić information content (AvgIpc) is 2.12. The van der Waals surface area contributed by atoms with E-state index in [0.717, 1.165) is 31.1 Å². The fourth-order valence-electron chi connectivity index (χ4n) is 1.17. The van der Waals surface area contributed by atoms with Gasteiger partial charge in [-0.25, -0.2) is 4.98 Å². The summed E-state index contributed by atoms with van der Waals surface area (Å²) >= 11 is 0. The van der Waals surface area contributed by atoms with Crippen molar-refractivity contribution in [2.24, 2.45) is 0 Å². The largest absolute Gasteiger partial charge is 0.377 e. The lowest BCUT2D eigenvalue weighted by atomic mass is 10.2. The number of aromatic nitrogens is 2. The van der Waals surface area contributed by atoms with Gasteiger partial charge in [-0.05, 0) is 6.42 Å². The lowest BCUT2D eigenvalue weighted by Crippen LogP contribution is -2.40. The van der Waals surface area contributed by atoms with Gasteiger partial charge in [-0.2, -0.15) is 0 Å². The van der Waals surface area contributed by atoms with Crippen LogP contribution in [-0.4, -0.2) is 29.2 Å². The maximum atomic E-state index is 5.05. The molecule has 1 aliphatic rings. The lowest BCUT2D eigenvalue weighted by Gasteiger charge is -2.27. The fraction of sp³-hybridized carbons (Fsp3) is 0.556. The summed E-state index contributed by atoms with van der Waals surface area (Å²) in [6, 6.07) is 0.418. The summed E-state index contributed by atoms with van der Waals surface area (Å²) in [4.78, 5) is 8.48. The van der Waals surface area contributed by atoms with Crippen molar-refractivity contribution in [1.29, 1.82) is 0 Å². The SMILES string of the molecule is CCc1cncc(NC2COC2)n1. The topological polar surface area (TPSA) is 47.0 Å². The highest BCUT2D eigenvalue weighted by molar-refractivity contribution is 5.33. The first-order valence-corrected chi connectivity index (χ1v) is 4.53. The molecule has 4 nitrogen and oxygen atoms in total. The number of hydrogen-bond acceptors (Lipinski definition) is 4. The van der Waals surface area contributed by atoms with E-state index in [0.29, 0.717) is 6.04 Å². The van der Waals surface area contributed by atoms with E-state index in [-0.39, 0.29) is 0 Å². The van der Waals surface area contributed by atoms with Crippen LogP contribution in [0.25, 0.3) is 0 Å². The molecular weight excluding hydrogens is 166 g/mol. The Bertz CT molecular complexity index is 286. The minimum atomic E-state index is 0.418. The van der Waals surface area contributed by atoms with E-state index in [1.165, 1.54) is 0 Å². The minimum Gasteiger partial charge on any atom is -0.377 e. The van der Waals surface area contributed by atoms with E-state index in [1.54, 1.807) is 12.4 Å². The van der Waals surface area contributed by atoms with Crippen LogP contribution in [0, 0.1) is 0 Å². The van der Waals surface area contributed by atoms with Crippen molar-refractivity contribution >= 4 is 5.82 Å². The number of nitrogens with zero attached hydrogens (tertiary/aromatic N) is 2. The van der Waals surface area contributed by atoms with Crippen LogP contribution in [0.5, 0.6) is 0 Å². The molecule has 4 heteroatoms. The van der Waals surface area contributed by atoms with Gasteiger partial charge in [-0.3, -0.25) is 4.98 Å². The zero-order valence-corrected chi connectivity index (χ0v) is 7.66. The second-order valence-corrected chi connectivity index (χ2v) is 3.13. The minimum absolute atomic E-state index is 0.418. The highest BCUT2D eigenvalue weighted by atomic mass is 16.5. The molecule has 0 aromatic carbocycles. The van der Waals surface area contributed by atoms with Crippen molar-refractivity contribution in [2.75, 3.05) is 18.5 Å². The smallest absolute Gasteiger partial charge is 0.145 e. The molecular formula is C9H13N3O. The molecule has 2 heterocycles. The normalized spacial score (nSPS) is 16.7. The summed E-state index contributed by atoms with van der Waals surface area (Å²) in [5.74, 6) is 0.854. The van der Waals surface area contributed by atoms with Crippen LogP contribution in [0.1, 0.15) is 12.6 Å². The van der Waals surface area contributed by atoms with Crippen molar-refractivity contribution < 1.29 is 4.74 Å². The number of hydrogen-bond donors (Lipinski definition) is 1. The van der Waals surface area contributed by atoms with Gasteiger partial charge in [0.15, 0.2) is 0 Å². The molecule has 0 unspecified atom stereocenters. The molecule has 0 bridgehead atoms. The van der Waals surface area contributed by atoms with Gasteiger partial charge >= 0.3 is 0 Å². The molecule has 1 N–H and O–H groups in total. The molecule has 0 amide bonds. The fourth-order valence-corrected chi connectivity index (χ4v) is 1.17. The highest BCUT2D eigenvalue weighted by Crippen LogP contribution is 2.09. The van der Waals surface area contributed by atoms with Crippen molar-refractivity contribution in [1.82, 2.24) is 9.97 Å². The highest BCUT2D eigenvalue weighted by Gasteiger charge is 2.18. The van der Waals surface area contributed by atoms with E-state index in [2.05, 4.69) is 22.2 Å². The van der Waals surface area contributed by atoms with Crippen LogP contribution in [0.3, 0.4) is 0 Å². The van der Waals surface area contributed by atoms with Gasteiger partial charge in [-0.1, -0.05) is 6.92 Å². The monoisotopic (exact) mass is 179 g/mol. The van der Waals surface area contributed by atoms with Crippen LogP contribution in [0.15, 0.2) is 12.4 Å². The third kappa shape index (κ3) is 1.95. The van der Waals surface area contributed by atoms with Gasteiger partial charge in [-0.15, -0.1) is 0 Å². The third-order valence-corrected chi connectivity index (χ3v) is 2.04. The summed E-state index contributed by atoms with van der Waals surface area (Å²) in [6.07, 6.45) is 4.46. The Hall–Kier alpha value is -1.16. The van der Waals surface area contributed by atoms with E-state index >= 15 is 0 Å². The summed E-state index contributed by atoms with van der Waals surface area (Å²) in [6.45, 7) is 3.62. The molecule has 1 saturated heterocycles. The maximum absolute atomic E-state index is 5.05. The Morgan fingerprint density at radius 3 is 3.00 bits per heavy atom. The number of rotatable bonds is 3. The Balaban J connectivity index is 2.01. The molecule has 70 valence electrons. The van der Waals surface area contributed by atoms with E-state index in [1.807, 2.05) is 0 Å². The quantitative estimate of drug-likeness (QED) is 0.747. The molecule has 2 rings (SSSR count). The van der Waals surface area contributed by atoms with Gasteiger partial charge < -0.3 is 10.1 Å². The Kier molecular flexibility index (Phi) is 2.40. The molecule has 0 saturated carbocycles. The predicted octanol–water partition coefficient (Wildman–Crippen LogP) is 0.850. The Morgan fingerprint density at radius 1 is 1.54 bits per heavy atom. The molecule has 1 aliphatic heterocycles. The van der Waals surface area contributed by atoms with E-state index in [9.17, 15) is 0 Å². The van der Waals surface area contributed by atoms with Crippen LogP contribution in [0.4, 0.5) is 5.82 Å². The van der Waals surface area contributed by atoms with Crippen LogP contribution >= 0.6 is 0 Å². The third-order valence-electron chi connectivity index (χ3n) is 2.04. The first-order chi connectivity index (χ1) is 6.38. The van der Waals surface area contributed by atoms with E-state index < -0.39 is 0 Å². The zero-order chi connectivity index (χ0) is 9.10. The molecule has 0 spiro atoms. The average molecular weight is 179 g/mol. The molecule has 0 aliphatic carbocycles. The first kappa shape index (κ1) is 8.44. The molecule has 1 aromatic heterocycles. The number of nitrogens with one attached hydrogen (secondary N) is 1. The zero-order valence-electron chi connectivity index (χ0n) is 7.66.